The van der Waals surface area contributed by atoms with Gasteiger partial charge in [-0.2, -0.15) is 0 Å². The van der Waals surface area contributed by atoms with Gasteiger partial charge in [-0.3, -0.25) is 0 Å². The minimum absolute atomic E-state index is 0.00220. The molecule has 0 bridgehead atoms. The molecule has 88 valence electrons. The molecule has 16 heavy (non-hydrogen) atoms. The smallest absolute Gasteiger partial charge is 0.404 e. The topological polar surface area (TPSA) is 69.6 Å². The Labute approximate surface area is 98.9 Å². The van der Waals surface area contributed by atoms with E-state index in [1.54, 1.807) is 0 Å². The van der Waals surface area contributed by atoms with Crippen LogP contribution in [0.2, 0.25) is 0 Å². The summed E-state index contributed by atoms with van der Waals surface area (Å²) in [6, 6.07) is 8.76. The summed E-state index contributed by atoms with van der Waals surface area (Å²) in [5, 5.41) is 20.5. The number of amides is 1. The first kappa shape index (κ1) is 12.8. The maximum atomic E-state index is 10.6. The molecule has 1 aromatic carbocycles. The van der Waals surface area contributed by atoms with Crippen molar-refractivity contribution in [3.63, 3.8) is 0 Å². The summed E-state index contributed by atoms with van der Waals surface area (Å²) in [6.07, 6.45) is -1.64. The van der Waals surface area contributed by atoms with Crippen LogP contribution in [-0.2, 0) is 6.42 Å². The Kier molecular flexibility index (Phi) is 5.08. The Bertz CT molecular complexity index is 331. The lowest BCUT2D eigenvalue weighted by Crippen LogP contribution is -2.45. The summed E-state index contributed by atoms with van der Waals surface area (Å²) in [6.45, 7) is 0. The average molecular weight is 244 g/mol. The van der Waals surface area contributed by atoms with Crippen molar-refractivity contribution < 1.29 is 15.0 Å². The van der Waals surface area contributed by atoms with Crippen molar-refractivity contribution in [2.24, 2.45) is 0 Å². The number of nitrogens with one attached hydrogen (secondary N) is 1. The number of benzene rings is 1. The van der Waals surface area contributed by atoms with Gasteiger partial charge in [0.05, 0.1) is 18.0 Å². The van der Waals surface area contributed by atoms with Gasteiger partial charge >= 0.3 is 6.09 Å². The minimum atomic E-state index is -1.16. The Morgan fingerprint density at radius 2 is 2.00 bits per heavy atom. The number of hydrogen-bond acceptors (Lipinski definition) is 2. The van der Waals surface area contributed by atoms with Gasteiger partial charge in [-0.05, 0) is 12.0 Å². The summed E-state index contributed by atoms with van der Waals surface area (Å²) >= 11 is 5.51. The highest BCUT2D eigenvalue weighted by atomic mass is 35.5. The van der Waals surface area contributed by atoms with Crippen molar-refractivity contribution in [1.82, 2.24) is 5.32 Å². The van der Waals surface area contributed by atoms with Gasteiger partial charge < -0.3 is 15.5 Å². The SMILES string of the molecule is O=C(O)NC(Cc1ccccc1)C(O)CCl. The van der Waals surface area contributed by atoms with Crippen LogP contribution in [0.25, 0.3) is 0 Å². The van der Waals surface area contributed by atoms with Crippen molar-refractivity contribution in [1.29, 1.82) is 0 Å². The summed E-state index contributed by atoms with van der Waals surface area (Å²) in [4.78, 5) is 10.6. The molecule has 3 N–H and O–H groups in total. The first-order valence-electron chi connectivity index (χ1n) is 4.91. The number of hydrogen-bond donors (Lipinski definition) is 3. The molecule has 0 aliphatic heterocycles. The molecule has 0 spiro atoms. The van der Waals surface area contributed by atoms with Gasteiger partial charge in [0.2, 0.25) is 0 Å². The molecule has 1 aromatic rings. The Balaban J connectivity index is 2.67. The maximum Gasteiger partial charge on any atom is 0.404 e. The number of carboxylic acid groups (broad SMARTS) is 1. The third-order valence-electron chi connectivity index (χ3n) is 2.23. The molecule has 0 radical (unpaired) electrons. The van der Waals surface area contributed by atoms with E-state index in [1.807, 2.05) is 30.3 Å². The molecule has 0 aliphatic rings. The molecule has 4 nitrogen and oxygen atoms in total. The van der Waals surface area contributed by atoms with Crippen LogP contribution >= 0.6 is 11.6 Å². The van der Waals surface area contributed by atoms with Gasteiger partial charge in [-0.1, -0.05) is 30.3 Å². The van der Waals surface area contributed by atoms with Gasteiger partial charge in [-0.15, -0.1) is 11.6 Å². The second kappa shape index (κ2) is 6.35. The number of rotatable bonds is 5. The van der Waals surface area contributed by atoms with Gasteiger partial charge in [0.1, 0.15) is 0 Å². The van der Waals surface area contributed by atoms with E-state index >= 15 is 0 Å². The van der Waals surface area contributed by atoms with E-state index in [0.717, 1.165) is 5.56 Å². The lowest BCUT2D eigenvalue weighted by Gasteiger charge is -2.21. The molecule has 0 heterocycles. The monoisotopic (exact) mass is 243 g/mol. The molecule has 5 heteroatoms. The number of halogens is 1. The van der Waals surface area contributed by atoms with Crippen LogP contribution in [-0.4, -0.2) is 34.3 Å². The quantitative estimate of drug-likeness (QED) is 0.686. The highest BCUT2D eigenvalue weighted by Gasteiger charge is 2.20. The molecule has 0 saturated heterocycles. The second-order valence-electron chi connectivity index (χ2n) is 3.47. The molecule has 2 unspecified atom stereocenters. The zero-order valence-electron chi connectivity index (χ0n) is 8.64. The highest BCUT2D eigenvalue weighted by molar-refractivity contribution is 6.18. The Morgan fingerprint density at radius 3 is 2.50 bits per heavy atom. The number of alkyl halides is 1. The van der Waals surface area contributed by atoms with Crippen molar-refractivity contribution in [3.05, 3.63) is 35.9 Å². The Hall–Kier alpha value is -1.26. The second-order valence-corrected chi connectivity index (χ2v) is 3.78. The fourth-order valence-electron chi connectivity index (χ4n) is 1.42. The number of aliphatic hydroxyl groups is 1. The zero-order chi connectivity index (χ0) is 12.0. The average Bonchev–Trinajstić information content (AvgIpc) is 2.28. The molecule has 0 saturated carbocycles. The highest BCUT2D eigenvalue weighted by Crippen LogP contribution is 2.07. The van der Waals surface area contributed by atoms with E-state index in [-0.39, 0.29) is 5.88 Å². The summed E-state index contributed by atoms with van der Waals surface area (Å²) < 4.78 is 0. The van der Waals surface area contributed by atoms with E-state index in [1.165, 1.54) is 0 Å². The predicted octanol–water partition coefficient (Wildman–Crippen LogP) is 1.46. The van der Waals surface area contributed by atoms with E-state index in [4.69, 9.17) is 16.7 Å². The molecule has 0 aliphatic carbocycles. The van der Waals surface area contributed by atoms with Crippen LogP contribution < -0.4 is 5.32 Å². The lowest BCUT2D eigenvalue weighted by atomic mass is 10.0. The fourth-order valence-corrected chi connectivity index (χ4v) is 1.63. The number of carbonyl (C=O) groups is 1. The first-order chi connectivity index (χ1) is 7.63. The largest absolute Gasteiger partial charge is 0.465 e. The standard InChI is InChI=1S/C11H14ClNO3/c12-7-10(14)9(13-11(15)16)6-8-4-2-1-3-5-8/h1-5,9-10,13-14H,6-7H2,(H,15,16). The maximum absolute atomic E-state index is 10.6. The zero-order valence-corrected chi connectivity index (χ0v) is 9.39. The number of aliphatic hydroxyl groups excluding tert-OH is 1. The minimum Gasteiger partial charge on any atom is -0.465 e. The summed E-state index contributed by atoms with van der Waals surface area (Å²) in [5.41, 5.74) is 0.949. The molecule has 1 amide bonds. The predicted molar refractivity (Wildman–Crippen MR) is 61.8 cm³/mol. The molecule has 1 rings (SSSR count). The molecular formula is C11H14ClNO3. The Morgan fingerprint density at radius 1 is 1.38 bits per heavy atom. The van der Waals surface area contributed by atoms with Crippen molar-refractivity contribution in [2.45, 2.75) is 18.6 Å². The van der Waals surface area contributed by atoms with Crippen LogP contribution in [0, 0.1) is 0 Å². The van der Waals surface area contributed by atoms with Crippen LogP contribution in [0.3, 0.4) is 0 Å². The van der Waals surface area contributed by atoms with E-state index < -0.39 is 18.2 Å². The summed E-state index contributed by atoms with van der Waals surface area (Å²) in [5.74, 6) is -0.00220. The van der Waals surface area contributed by atoms with E-state index in [0.29, 0.717) is 6.42 Å². The molecular weight excluding hydrogens is 230 g/mol. The van der Waals surface area contributed by atoms with Crippen molar-refractivity contribution in [3.8, 4) is 0 Å². The molecule has 0 fully saturated rings. The summed E-state index contributed by atoms with van der Waals surface area (Å²) in [7, 11) is 0. The molecule has 2 atom stereocenters. The van der Waals surface area contributed by atoms with Crippen LogP contribution in [0.4, 0.5) is 4.79 Å². The van der Waals surface area contributed by atoms with E-state index in [9.17, 15) is 9.90 Å². The normalized spacial score (nSPS) is 14.1. The van der Waals surface area contributed by atoms with E-state index in [2.05, 4.69) is 5.32 Å². The van der Waals surface area contributed by atoms with Gasteiger partial charge in [-0.25, -0.2) is 4.79 Å². The third-order valence-corrected chi connectivity index (χ3v) is 2.55. The van der Waals surface area contributed by atoms with Gasteiger partial charge in [0, 0.05) is 0 Å². The third kappa shape index (κ3) is 4.08. The first-order valence-corrected chi connectivity index (χ1v) is 5.44. The molecule has 0 aromatic heterocycles. The van der Waals surface area contributed by atoms with Gasteiger partial charge in [0.15, 0.2) is 0 Å². The lowest BCUT2D eigenvalue weighted by molar-refractivity contribution is 0.135. The van der Waals surface area contributed by atoms with Crippen LogP contribution in [0.1, 0.15) is 5.56 Å². The van der Waals surface area contributed by atoms with Crippen LogP contribution in [0.5, 0.6) is 0 Å². The fraction of sp³-hybridized carbons (Fsp3) is 0.364. The van der Waals surface area contributed by atoms with Crippen molar-refractivity contribution in [2.75, 3.05) is 5.88 Å². The van der Waals surface area contributed by atoms with Crippen molar-refractivity contribution >= 4 is 17.7 Å². The van der Waals surface area contributed by atoms with Gasteiger partial charge in [0.25, 0.3) is 0 Å². The van der Waals surface area contributed by atoms with Crippen LogP contribution in [0.15, 0.2) is 30.3 Å².